The van der Waals surface area contributed by atoms with Crippen molar-refractivity contribution >= 4 is 5.91 Å². The molecule has 0 aromatic heterocycles. The highest BCUT2D eigenvalue weighted by molar-refractivity contribution is 5.77. The van der Waals surface area contributed by atoms with Crippen molar-refractivity contribution in [3.05, 3.63) is 0 Å². The van der Waals surface area contributed by atoms with Gasteiger partial charge in [-0.1, -0.05) is 103 Å². The van der Waals surface area contributed by atoms with E-state index in [1.54, 1.807) is 0 Å². The molecule has 2 heteroatoms. The summed E-state index contributed by atoms with van der Waals surface area (Å²) in [5.41, 5.74) is 0. The van der Waals surface area contributed by atoms with Crippen LogP contribution in [0.5, 0.6) is 0 Å². The summed E-state index contributed by atoms with van der Waals surface area (Å²) in [6, 6.07) is 0. The molecule has 1 heterocycles. The fourth-order valence-corrected chi connectivity index (χ4v) is 3.79. The van der Waals surface area contributed by atoms with Crippen LogP contribution in [0.3, 0.4) is 0 Å². The summed E-state index contributed by atoms with van der Waals surface area (Å²) in [7, 11) is 0. The van der Waals surface area contributed by atoms with Crippen molar-refractivity contribution in [1.29, 1.82) is 0 Å². The van der Waals surface area contributed by atoms with Crippen LogP contribution in [0.4, 0.5) is 0 Å². The van der Waals surface area contributed by atoms with Gasteiger partial charge in [-0.2, -0.15) is 0 Å². The number of carbonyl (C=O) groups is 1. The van der Waals surface area contributed by atoms with Gasteiger partial charge in [-0.25, -0.2) is 0 Å². The summed E-state index contributed by atoms with van der Waals surface area (Å²) in [5.74, 6) is 0.385. The Morgan fingerprint density at radius 2 is 1.08 bits per heavy atom. The average Bonchev–Trinajstić information content (AvgIpc) is 2.99. The van der Waals surface area contributed by atoms with E-state index in [2.05, 4.69) is 11.8 Å². The molecule has 0 saturated carbocycles. The highest BCUT2D eigenvalue weighted by Crippen LogP contribution is 2.15. The van der Waals surface area contributed by atoms with Crippen LogP contribution in [-0.4, -0.2) is 23.9 Å². The molecule has 0 aromatic rings. The third kappa shape index (κ3) is 11.9. The molecule has 0 atom stereocenters. The minimum atomic E-state index is 0.385. The first kappa shape index (κ1) is 21.5. The maximum absolute atomic E-state index is 11.5. The van der Waals surface area contributed by atoms with Crippen LogP contribution in [-0.2, 0) is 4.79 Å². The topological polar surface area (TPSA) is 20.3 Å². The van der Waals surface area contributed by atoms with E-state index in [-0.39, 0.29) is 0 Å². The second-order valence-corrected chi connectivity index (χ2v) is 7.79. The van der Waals surface area contributed by atoms with Crippen LogP contribution < -0.4 is 0 Å². The summed E-state index contributed by atoms with van der Waals surface area (Å²) in [6.07, 6.45) is 24.4. The van der Waals surface area contributed by atoms with Gasteiger partial charge in [-0.15, -0.1) is 0 Å². The van der Waals surface area contributed by atoms with Gasteiger partial charge in [-0.05, 0) is 12.8 Å². The van der Waals surface area contributed by atoms with Gasteiger partial charge < -0.3 is 4.90 Å². The zero-order chi connectivity index (χ0) is 17.3. The molecule has 0 unspecified atom stereocenters. The zero-order valence-corrected chi connectivity index (χ0v) is 16.5. The molecule has 0 spiro atoms. The fraction of sp³-hybridized carbons (Fsp3) is 0.955. The van der Waals surface area contributed by atoms with E-state index in [0.29, 0.717) is 5.91 Å². The van der Waals surface area contributed by atoms with E-state index < -0.39 is 0 Å². The van der Waals surface area contributed by atoms with Crippen LogP contribution >= 0.6 is 0 Å². The summed E-state index contributed by atoms with van der Waals surface area (Å²) in [5, 5.41) is 0. The lowest BCUT2D eigenvalue weighted by atomic mass is 10.0. The number of rotatable bonds is 17. The zero-order valence-electron chi connectivity index (χ0n) is 16.5. The van der Waals surface area contributed by atoms with Crippen LogP contribution in [0.2, 0.25) is 0 Å². The Hall–Kier alpha value is -0.530. The Morgan fingerprint density at radius 3 is 1.46 bits per heavy atom. The van der Waals surface area contributed by atoms with Gasteiger partial charge >= 0.3 is 0 Å². The molecule has 1 aliphatic heterocycles. The minimum absolute atomic E-state index is 0.385. The number of hydrogen-bond acceptors (Lipinski definition) is 1. The molecular weight excluding hydrogens is 294 g/mol. The molecule has 0 aromatic carbocycles. The molecule has 0 radical (unpaired) electrons. The van der Waals surface area contributed by atoms with Gasteiger partial charge in [0.05, 0.1) is 0 Å². The van der Waals surface area contributed by atoms with Crippen molar-refractivity contribution < 1.29 is 4.79 Å². The number of unbranched alkanes of at least 4 members (excludes halogenated alkanes) is 15. The van der Waals surface area contributed by atoms with E-state index in [1.165, 1.54) is 103 Å². The van der Waals surface area contributed by atoms with Crippen molar-refractivity contribution in [1.82, 2.24) is 4.90 Å². The lowest BCUT2D eigenvalue weighted by Crippen LogP contribution is -2.25. The molecule has 1 rings (SSSR count). The number of carbonyl (C=O) groups excluding carboxylic acids is 1. The van der Waals surface area contributed by atoms with Crippen molar-refractivity contribution in [2.45, 2.75) is 122 Å². The number of hydrogen-bond donors (Lipinski definition) is 0. The second-order valence-electron chi connectivity index (χ2n) is 7.79. The maximum Gasteiger partial charge on any atom is 0.222 e. The number of likely N-dealkylation sites (tertiary alicyclic amines) is 1. The molecule has 0 bridgehead atoms. The minimum Gasteiger partial charge on any atom is -0.343 e. The van der Waals surface area contributed by atoms with Crippen LogP contribution in [0.15, 0.2) is 0 Å². The van der Waals surface area contributed by atoms with Crippen molar-refractivity contribution in [3.63, 3.8) is 0 Å². The predicted molar refractivity (Wildman–Crippen MR) is 105 cm³/mol. The molecule has 2 nitrogen and oxygen atoms in total. The highest BCUT2D eigenvalue weighted by Gasteiger charge is 2.18. The lowest BCUT2D eigenvalue weighted by molar-refractivity contribution is -0.127. The lowest BCUT2D eigenvalue weighted by Gasteiger charge is -2.14. The van der Waals surface area contributed by atoms with Gasteiger partial charge in [0.25, 0.3) is 0 Å². The van der Waals surface area contributed by atoms with Crippen molar-refractivity contribution in [2.75, 3.05) is 13.1 Å². The first-order chi connectivity index (χ1) is 11.8. The van der Waals surface area contributed by atoms with Gasteiger partial charge in [-0.3, -0.25) is 4.79 Å². The molecule has 0 aliphatic carbocycles. The third-order valence-corrected chi connectivity index (χ3v) is 5.45. The summed E-state index contributed by atoms with van der Waals surface area (Å²) in [4.78, 5) is 13.6. The first-order valence-electron chi connectivity index (χ1n) is 11.1. The first-order valence-corrected chi connectivity index (χ1v) is 11.1. The van der Waals surface area contributed by atoms with Gasteiger partial charge in [0.2, 0.25) is 5.91 Å². The number of nitrogens with zero attached hydrogens (tertiary/aromatic N) is 1. The van der Waals surface area contributed by atoms with E-state index >= 15 is 0 Å². The quantitative estimate of drug-likeness (QED) is 0.265. The molecule has 1 aliphatic rings. The summed E-state index contributed by atoms with van der Waals surface area (Å²) < 4.78 is 0. The maximum atomic E-state index is 11.5. The van der Waals surface area contributed by atoms with Crippen LogP contribution in [0, 0.1) is 0 Å². The molecule has 142 valence electrons. The smallest absolute Gasteiger partial charge is 0.222 e. The Bertz CT molecular complexity index is 290. The Kier molecular flexibility index (Phi) is 14.3. The molecule has 24 heavy (non-hydrogen) atoms. The Morgan fingerprint density at radius 1 is 0.667 bits per heavy atom. The molecule has 1 saturated heterocycles. The van der Waals surface area contributed by atoms with E-state index in [4.69, 9.17) is 0 Å². The average molecular weight is 338 g/mol. The largest absolute Gasteiger partial charge is 0.343 e. The van der Waals surface area contributed by atoms with Crippen LogP contribution in [0.25, 0.3) is 0 Å². The normalized spacial score (nSPS) is 14.7. The van der Waals surface area contributed by atoms with E-state index in [0.717, 1.165) is 25.9 Å². The van der Waals surface area contributed by atoms with Gasteiger partial charge in [0.1, 0.15) is 0 Å². The van der Waals surface area contributed by atoms with E-state index in [9.17, 15) is 4.79 Å². The molecular formula is C22H43NO. The number of amides is 1. The SMILES string of the molecule is CCCCCCCCCCCCCCCCCCN1CCCC1=O. The van der Waals surface area contributed by atoms with Gasteiger partial charge in [0, 0.05) is 19.5 Å². The Balaban J connectivity index is 1.68. The monoisotopic (exact) mass is 337 g/mol. The fourth-order valence-electron chi connectivity index (χ4n) is 3.79. The van der Waals surface area contributed by atoms with Crippen molar-refractivity contribution in [3.8, 4) is 0 Å². The molecule has 1 fully saturated rings. The molecule has 0 N–H and O–H groups in total. The summed E-state index contributed by atoms with van der Waals surface area (Å²) in [6.45, 7) is 4.31. The summed E-state index contributed by atoms with van der Waals surface area (Å²) >= 11 is 0. The third-order valence-electron chi connectivity index (χ3n) is 5.45. The van der Waals surface area contributed by atoms with E-state index in [1.807, 2.05) is 0 Å². The standard InChI is InChI=1S/C22H43NO/c1-2-3-4-5-6-7-8-9-10-11-12-13-14-15-16-17-20-23-21-18-19-22(23)24/h2-21H2,1H3. The predicted octanol–water partition coefficient (Wildman–Crippen LogP) is 6.87. The van der Waals surface area contributed by atoms with Crippen molar-refractivity contribution in [2.24, 2.45) is 0 Å². The highest BCUT2D eigenvalue weighted by atomic mass is 16.2. The molecule has 1 amide bonds. The second kappa shape index (κ2) is 16.0. The van der Waals surface area contributed by atoms with Crippen LogP contribution in [0.1, 0.15) is 122 Å². The van der Waals surface area contributed by atoms with Gasteiger partial charge in [0.15, 0.2) is 0 Å². The Labute approximate surface area is 151 Å².